The summed E-state index contributed by atoms with van der Waals surface area (Å²) >= 11 is 0. The Kier molecular flexibility index (Phi) is 1.40. The van der Waals surface area contributed by atoms with Crippen LogP contribution in [0.1, 0.15) is 19.5 Å². The molecule has 1 aliphatic rings. The Morgan fingerprint density at radius 1 is 1.70 bits per heavy atom. The summed E-state index contributed by atoms with van der Waals surface area (Å²) in [5.74, 6) is 0. The SMILES string of the molecule is [HH].c1cncc([C@@H]2CCN2)c1. The van der Waals surface area contributed by atoms with E-state index in [0.717, 1.165) is 6.54 Å². The quantitative estimate of drug-likeness (QED) is 0.630. The topological polar surface area (TPSA) is 24.9 Å². The van der Waals surface area contributed by atoms with Crippen molar-refractivity contribution in [2.75, 3.05) is 6.54 Å². The van der Waals surface area contributed by atoms with Crippen molar-refractivity contribution in [1.29, 1.82) is 0 Å². The van der Waals surface area contributed by atoms with Gasteiger partial charge in [0.05, 0.1) is 0 Å². The average molecular weight is 136 g/mol. The van der Waals surface area contributed by atoms with E-state index in [0.29, 0.717) is 6.04 Å². The van der Waals surface area contributed by atoms with E-state index < -0.39 is 0 Å². The molecule has 0 bridgehead atoms. The lowest BCUT2D eigenvalue weighted by molar-refractivity contribution is 0.382. The van der Waals surface area contributed by atoms with Crippen molar-refractivity contribution >= 4 is 0 Å². The van der Waals surface area contributed by atoms with Crippen molar-refractivity contribution < 1.29 is 1.43 Å². The van der Waals surface area contributed by atoms with Crippen molar-refractivity contribution in [1.82, 2.24) is 10.3 Å². The summed E-state index contributed by atoms with van der Waals surface area (Å²) in [4.78, 5) is 4.05. The third kappa shape index (κ3) is 0.907. The molecule has 2 heterocycles. The van der Waals surface area contributed by atoms with Crippen LogP contribution in [-0.2, 0) is 0 Å². The van der Waals surface area contributed by atoms with Gasteiger partial charge in [0.2, 0.25) is 0 Å². The Bertz CT molecular complexity index is 209. The molecule has 2 nitrogen and oxygen atoms in total. The molecule has 0 aromatic carbocycles. The second-order valence-corrected chi connectivity index (χ2v) is 2.58. The van der Waals surface area contributed by atoms with E-state index in [1.54, 1.807) is 0 Å². The average Bonchev–Trinajstić information content (AvgIpc) is 1.86. The van der Waals surface area contributed by atoms with Crippen LogP contribution in [0.2, 0.25) is 0 Å². The number of hydrogen-bond acceptors (Lipinski definition) is 2. The number of nitrogens with zero attached hydrogens (tertiary/aromatic N) is 1. The van der Waals surface area contributed by atoms with Crippen molar-refractivity contribution in [3.63, 3.8) is 0 Å². The first-order valence-corrected chi connectivity index (χ1v) is 3.60. The number of hydrogen-bond donors (Lipinski definition) is 1. The summed E-state index contributed by atoms with van der Waals surface area (Å²) < 4.78 is 0. The van der Waals surface area contributed by atoms with Gasteiger partial charge in [0.25, 0.3) is 0 Å². The van der Waals surface area contributed by atoms with Gasteiger partial charge in [-0.25, -0.2) is 0 Å². The standard InChI is InChI=1S/C8H10N2.H2/c1-2-7(6-9-4-1)8-3-5-10-8;/h1-2,4,6,8,10H,3,5H2;1H/t8-;/m0./s1. The molecule has 1 atom stereocenters. The number of nitrogens with one attached hydrogen (secondary N) is 1. The number of aromatic nitrogens is 1. The third-order valence-electron chi connectivity index (χ3n) is 1.91. The molecule has 10 heavy (non-hydrogen) atoms. The highest BCUT2D eigenvalue weighted by Gasteiger charge is 2.17. The fourth-order valence-electron chi connectivity index (χ4n) is 1.16. The van der Waals surface area contributed by atoms with E-state index in [2.05, 4.69) is 16.4 Å². The fraction of sp³-hybridized carbons (Fsp3) is 0.375. The predicted molar refractivity (Wildman–Crippen MR) is 41.7 cm³/mol. The smallest absolute Gasteiger partial charge is 0.0347 e. The highest BCUT2D eigenvalue weighted by Crippen LogP contribution is 2.20. The lowest BCUT2D eigenvalue weighted by Crippen LogP contribution is -2.34. The van der Waals surface area contributed by atoms with Gasteiger partial charge in [-0.1, -0.05) is 6.07 Å². The first-order chi connectivity index (χ1) is 4.97. The summed E-state index contributed by atoms with van der Waals surface area (Å²) in [6.07, 6.45) is 4.99. The van der Waals surface area contributed by atoms with Gasteiger partial charge in [-0.15, -0.1) is 0 Å². The minimum absolute atomic E-state index is 0. The molecule has 1 aliphatic heterocycles. The lowest BCUT2D eigenvalue weighted by Gasteiger charge is -2.27. The monoisotopic (exact) mass is 136 g/mol. The zero-order valence-electron chi connectivity index (χ0n) is 5.75. The highest BCUT2D eigenvalue weighted by molar-refractivity contribution is 5.15. The normalized spacial score (nSPS) is 23.8. The van der Waals surface area contributed by atoms with Crippen LogP contribution in [0.15, 0.2) is 24.5 Å². The van der Waals surface area contributed by atoms with Crippen LogP contribution in [0, 0.1) is 0 Å². The largest absolute Gasteiger partial charge is 0.310 e. The minimum atomic E-state index is 0. The molecular weight excluding hydrogens is 124 g/mol. The van der Waals surface area contributed by atoms with Gasteiger partial charge in [-0.3, -0.25) is 4.98 Å². The molecule has 0 unspecified atom stereocenters. The van der Waals surface area contributed by atoms with Crippen LogP contribution in [-0.4, -0.2) is 11.5 Å². The highest BCUT2D eigenvalue weighted by atomic mass is 15.0. The van der Waals surface area contributed by atoms with Gasteiger partial charge in [-0.05, 0) is 24.6 Å². The van der Waals surface area contributed by atoms with Gasteiger partial charge in [0, 0.05) is 19.9 Å². The Balaban J connectivity index is 0.000000605. The van der Waals surface area contributed by atoms with E-state index >= 15 is 0 Å². The summed E-state index contributed by atoms with van der Waals surface area (Å²) in [6, 6.07) is 4.67. The molecule has 1 fully saturated rings. The van der Waals surface area contributed by atoms with Gasteiger partial charge < -0.3 is 5.32 Å². The van der Waals surface area contributed by atoms with Crippen LogP contribution in [0.3, 0.4) is 0 Å². The first-order valence-electron chi connectivity index (χ1n) is 3.60. The van der Waals surface area contributed by atoms with Crippen LogP contribution >= 0.6 is 0 Å². The molecule has 1 aromatic rings. The summed E-state index contributed by atoms with van der Waals surface area (Å²) in [5.41, 5.74) is 1.31. The van der Waals surface area contributed by atoms with Crippen LogP contribution in [0.5, 0.6) is 0 Å². The maximum atomic E-state index is 4.05. The first kappa shape index (κ1) is 5.86. The third-order valence-corrected chi connectivity index (χ3v) is 1.91. The molecule has 54 valence electrons. The molecule has 0 spiro atoms. The van der Waals surface area contributed by atoms with Crippen LogP contribution in [0.25, 0.3) is 0 Å². The van der Waals surface area contributed by atoms with Gasteiger partial charge in [0.15, 0.2) is 0 Å². The lowest BCUT2D eigenvalue weighted by atomic mass is 10.0. The molecule has 2 rings (SSSR count). The Hall–Kier alpha value is -0.890. The van der Waals surface area contributed by atoms with Crippen molar-refractivity contribution in [3.8, 4) is 0 Å². The summed E-state index contributed by atoms with van der Waals surface area (Å²) in [6.45, 7) is 1.15. The Morgan fingerprint density at radius 2 is 2.60 bits per heavy atom. The molecular formula is C8H12N2. The number of pyridine rings is 1. The van der Waals surface area contributed by atoms with E-state index in [4.69, 9.17) is 0 Å². The van der Waals surface area contributed by atoms with Gasteiger partial charge >= 0.3 is 0 Å². The van der Waals surface area contributed by atoms with Gasteiger partial charge in [-0.2, -0.15) is 0 Å². The van der Waals surface area contributed by atoms with E-state index in [1.165, 1.54) is 12.0 Å². The van der Waals surface area contributed by atoms with Crippen LogP contribution < -0.4 is 5.32 Å². The van der Waals surface area contributed by atoms with Crippen LogP contribution in [0.4, 0.5) is 0 Å². The fourth-order valence-corrected chi connectivity index (χ4v) is 1.16. The minimum Gasteiger partial charge on any atom is -0.310 e. The predicted octanol–water partition coefficient (Wildman–Crippen LogP) is 1.36. The second kappa shape index (κ2) is 2.39. The second-order valence-electron chi connectivity index (χ2n) is 2.58. The zero-order valence-corrected chi connectivity index (χ0v) is 5.75. The van der Waals surface area contributed by atoms with E-state index in [1.807, 2.05) is 18.5 Å². The summed E-state index contributed by atoms with van der Waals surface area (Å²) in [5, 5.41) is 3.32. The Labute approximate surface area is 61.8 Å². The molecule has 0 saturated carbocycles. The zero-order chi connectivity index (χ0) is 6.81. The molecule has 0 radical (unpaired) electrons. The summed E-state index contributed by atoms with van der Waals surface area (Å²) in [7, 11) is 0. The maximum absolute atomic E-state index is 4.05. The number of rotatable bonds is 1. The van der Waals surface area contributed by atoms with Crippen molar-refractivity contribution in [2.24, 2.45) is 0 Å². The van der Waals surface area contributed by atoms with Gasteiger partial charge in [0.1, 0.15) is 0 Å². The molecule has 1 aromatic heterocycles. The Morgan fingerprint density at radius 3 is 3.10 bits per heavy atom. The maximum Gasteiger partial charge on any atom is 0.0347 e. The molecule has 2 heteroatoms. The van der Waals surface area contributed by atoms with Crippen molar-refractivity contribution in [3.05, 3.63) is 30.1 Å². The molecule has 0 aliphatic carbocycles. The molecule has 1 saturated heterocycles. The van der Waals surface area contributed by atoms with Crippen molar-refractivity contribution in [2.45, 2.75) is 12.5 Å². The molecule has 1 N–H and O–H groups in total. The van der Waals surface area contributed by atoms with E-state index in [9.17, 15) is 0 Å². The van der Waals surface area contributed by atoms with E-state index in [-0.39, 0.29) is 1.43 Å². The molecule has 0 amide bonds.